The number of carbonyl (C=O) groups excluding carboxylic acids is 1. The monoisotopic (exact) mass is 307 g/mol. The van der Waals surface area contributed by atoms with Gasteiger partial charge in [0.15, 0.2) is 0 Å². The lowest BCUT2D eigenvalue weighted by Gasteiger charge is -2.06. The number of thioether (sulfide) groups is 1. The van der Waals surface area contributed by atoms with E-state index >= 15 is 0 Å². The zero-order chi connectivity index (χ0) is 15.4. The number of nitrogens with one attached hydrogen (secondary N) is 2. The zero-order valence-corrected chi connectivity index (χ0v) is 12.5. The number of H-pyrrole nitrogens is 1. The average Bonchev–Trinajstić information content (AvgIpc) is 2.97. The maximum atomic E-state index is 12.1. The Hall–Kier alpha value is -2.71. The molecule has 0 atom stereocenters. The summed E-state index contributed by atoms with van der Waals surface area (Å²) < 4.78 is 0. The van der Waals surface area contributed by atoms with Crippen LogP contribution >= 0.6 is 11.8 Å². The Bertz CT molecular complexity index is 846. The molecule has 108 valence electrons. The summed E-state index contributed by atoms with van der Waals surface area (Å²) in [6, 6.07) is 15.2. The normalized spacial score (nSPS) is 10.3. The van der Waals surface area contributed by atoms with Crippen LogP contribution in [-0.4, -0.2) is 10.9 Å². The van der Waals surface area contributed by atoms with E-state index in [0.29, 0.717) is 6.42 Å². The third-order valence-corrected chi connectivity index (χ3v) is 3.88. The average molecular weight is 307 g/mol. The molecule has 3 aromatic rings. The number of anilines is 1. The van der Waals surface area contributed by atoms with Crippen LogP contribution in [0.25, 0.3) is 10.9 Å². The molecule has 0 spiro atoms. The Morgan fingerprint density at radius 2 is 2.00 bits per heavy atom. The van der Waals surface area contributed by atoms with E-state index in [1.807, 2.05) is 48.0 Å². The Kier molecular flexibility index (Phi) is 4.12. The highest BCUT2D eigenvalue weighted by Crippen LogP contribution is 2.19. The van der Waals surface area contributed by atoms with Crippen LogP contribution in [0.3, 0.4) is 0 Å². The number of amides is 1. The number of hydrogen-bond donors (Lipinski definition) is 2. The molecule has 2 aromatic carbocycles. The molecule has 0 unspecified atom stereocenters. The minimum Gasteiger partial charge on any atom is -0.361 e. The Balaban J connectivity index is 1.65. The number of nitrogens with zero attached hydrogens (tertiary/aromatic N) is 1. The van der Waals surface area contributed by atoms with Crippen molar-refractivity contribution in [3.8, 4) is 5.40 Å². The Labute approximate surface area is 132 Å². The molecule has 0 saturated heterocycles. The van der Waals surface area contributed by atoms with Gasteiger partial charge in [0.05, 0.1) is 6.42 Å². The van der Waals surface area contributed by atoms with Crippen molar-refractivity contribution in [3.05, 3.63) is 60.3 Å². The number of aromatic amines is 1. The third-order valence-electron chi connectivity index (χ3n) is 3.29. The van der Waals surface area contributed by atoms with E-state index in [9.17, 15) is 4.79 Å². The van der Waals surface area contributed by atoms with Crippen LogP contribution in [0, 0.1) is 10.7 Å². The maximum absolute atomic E-state index is 12.1. The van der Waals surface area contributed by atoms with Gasteiger partial charge in [0.1, 0.15) is 5.40 Å². The SMILES string of the molecule is N#CSc1ccc(NC(=O)Cc2ccc3cc[nH]c3c2)cc1. The lowest BCUT2D eigenvalue weighted by molar-refractivity contribution is -0.115. The molecule has 4 nitrogen and oxygen atoms in total. The highest BCUT2D eigenvalue weighted by Gasteiger charge is 2.05. The first kappa shape index (κ1) is 14.2. The zero-order valence-electron chi connectivity index (χ0n) is 11.7. The predicted octanol–water partition coefficient (Wildman–Crippen LogP) is 3.92. The highest BCUT2D eigenvalue weighted by molar-refractivity contribution is 8.03. The minimum absolute atomic E-state index is 0.0633. The molecule has 0 radical (unpaired) electrons. The Morgan fingerprint density at radius 1 is 1.18 bits per heavy atom. The quantitative estimate of drug-likeness (QED) is 0.567. The fraction of sp³-hybridized carbons (Fsp3) is 0.0588. The molecule has 5 heteroatoms. The second kappa shape index (κ2) is 6.37. The van der Waals surface area contributed by atoms with Crippen molar-refractivity contribution in [3.63, 3.8) is 0 Å². The first-order chi connectivity index (χ1) is 10.7. The second-order valence-electron chi connectivity index (χ2n) is 4.84. The second-order valence-corrected chi connectivity index (χ2v) is 5.70. The smallest absolute Gasteiger partial charge is 0.228 e. The van der Waals surface area contributed by atoms with Crippen molar-refractivity contribution in [2.75, 3.05) is 5.32 Å². The summed E-state index contributed by atoms with van der Waals surface area (Å²) >= 11 is 1.10. The summed E-state index contributed by atoms with van der Waals surface area (Å²) in [6.45, 7) is 0. The summed E-state index contributed by atoms with van der Waals surface area (Å²) in [5.41, 5.74) is 2.72. The van der Waals surface area contributed by atoms with E-state index in [1.165, 1.54) is 0 Å². The summed E-state index contributed by atoms with van der Waals surface area (Å²) in [7, 11) is 0. The van der Waals surface area contributed by atoms with Gasteiger partial charge in [-0.15, -0.1) is 0 Å². The molecule has 3 rings (SSSR count). The topological polar surface area (TPSA) is 68.7 Å². The van der Waals surface area contributed by atoms with Crippen molar-refractivity contribution in [2.24, 2.45) is 0 Å². The van der Waals surface area contributed by atoms with Crippen LogP contribution in [0.15, 0.2) is 59.6 Å². The van der Waals surface area contributed by atoms with Crippen LogP contribution in [0.4, 0.5) is 5.69 Å². The molecule has 0 aliphatic heterocycles. The van der Waals surface area contributed by atoms with E-state index in [4.69, 9.17) is 5.26 Å². The number of thiocyanates is 1. The summed E-state index contributed by atoms with van der Waals surface area (Å²) in [5.74, 6) is -0.0633. The van der Waals surface area contributed by atoms with E-state index < -0.39 is 0 Å². The molecule has 2 N–H and O–H groups in total. The molecule has 0 aliphatic rings. The van der Waals surface area contributed by atoms with Crippen molar-refractivity contribution in [1.29, 1.82) is 5.26 Å². The summed E-state index contributed by atoms with van der Waals surface area (Å²) in [5, 5.41) is 14.6. The van der Waals surface area contributed by atoms with Gasteiger partial charge in [0, 0.05) is 22.3 Å². The van der Waals surface area contributed by atoms with Crippen LogP contribution < -0.4 is 5.32 Å². The molecular weight excluding hydrogens is 294 g/mol. The fourth-order valence-corrected chi connectivity index (χ4v) is 2.63. The number of nitriles is 1. The fourth-order valence-electron chi connectivity index (χ4n) is 2.25. The third kappa shape index (κ3) is 3.30. The van der Waals surface area contributed by atoms with E-state index in [0.717, 1.165) is 38.8 Å². The van der Waals surface area contributed by atoms with Gasteiger partial charge in [-0.1, -0.05) is 12.1 Å². The van der Waals surface area contributed by atoms with Gasteiger partial charge < -0.3 is 10.3 Å². The van der Waals surface area contributed by atoms with Crippen molar-refractivity contribution < 1.29 is 4.79 Å². The largest absolute Gasteiger partial charge is 0.361 e. The van der Waals surface area contributed by atoms with Crippen LogP contribution in [-0.2, 0) is 11.2 Å². The highest BCUT2D eigenvalue weighted by atomic mass is 32.2. The van der Waals surface area contributed by atoms with Gasteiger partial charge in [-0.3, -0.25) is 4.79 Å². The van der Waals surface area contributed by atoms with Gasteiger partial charge >= 0.3 is 0 Å². The Morgan fingerprint density at radius 3 is 2.77 bits per heavy atom. The molecule has 22 heavy (non-hydrogen) atoms. The van der Waals surface area contributed by atoms with Gasteiger partial charge in [-0.25, -0.2) is 0 Å². The maximum Gasteiger partial charge on any atom is 0.228 e. The van der Waals surface area contributed by atoms with Crippen molar-refractivity contribution >= 4 is 34.3 Å². The number of aromatic nitrogens is 1. The van der Waals surface area contributed by atoms with Crippen molar-refractivity contribution in [2.45, 2.75) is 11.3 Å². The standard InChI is InChI=1S/C17H13N3OS/c18-11-22-15-5-3-14(4-6-15)20-17(21)10-12-1-2-13-7-8-19-16(13)9-12/h1-9,19H,10H2,(H,20,21). The van der Waals surface area contributed by atoms with E-state index in [2.05, 4.69) is 10.3 Å². The number of rotatable bonds is 4. The van der Waals surface area contributed by atoms with Gasteiger partial charge in [0.25, 0.3) is 0 Å². The molecule has 1 amide bonds. The lowest BCUT2D eigenvalue weighted by Crippen LogP contribution is -2.14. The van der Waals surface area contributed by atoms with Crippen LogP contribution in [0.1, 0.15) is 5.56 Å². The number of benzene rings is 2. The lowest BCUT2D eigenvalue weighted by atomic mass is 10.1. The summed E-state index contributed by atoms with van der Waals surface area (Å²) in [4.78, 5) is 16.1. The van der Waals surface area contributed by atoms with Gasteiger partial charge in [-0.2, -0.15) is 5.26 Å². The van der Waals surface area contributed by atoms with Gasteiger partial charge in [0.2, 0.25) is 5.91 Å². The number of carbonyl (C=O) groups is 1. The predicted molar refractivity (Wildman–Crippen MR) is 88.5 cm³/mol. The molecule has 0 bridgehead atoms. The van der Waals surface area contributed by atoms with E-state index in [1.54, 1.807) is 12.1 Å². The molecule has 0 saturated carbocycles. The first-order valence-corrected chi connectivity index (χ1v) is 7.58. The van der Waals surface area contributed by atoms with Crippen LogP contribution in [0.2, 0.25) is 0 Å². The van der Waals surface area contributed by atoms with E-state index in [-0.39, 0.29) is 5.91 Å². The molecule has 1 heterocycles. The van der Waals surface area contributed by atoms with Crippen LogP contribution in [0.5, 0.6) is 0 Å². The molecule has 0 aliphatic carbocycles. The molecule has 1 aromatic heterocycles. The van der Waals surface area contributed by atoms with Crippen molar-refractivity contribution in [1.82, 2.24) is 4.98 Å². The van der Waals surface area contributed by atoms with Gasteiger partial charge in [-0.05, 0) is 59.1 Å². The number of hydrogen-bond acceptors (Lipinski definition) is 3. The first-order valence-electron chi connectivity index (χ1n) is 6.76. The number of fused-ring (bicyclic) bond motifs is 1. The minimum atomic E-state index is -0.0633. The summed E-state index contributed by atoms with van der Waals surface area (Å²) in [6.07, 6.45) is 2.21. The molecule has 0 fully saturated rings. The molecular formula is C17H13N3OS.